The minimum absolute atomic E-state index is 0.0355. The van der Waals surface area contributed by atoms with Gasteiger partial charge in [-0.25, -0.2) is 4.39 Å². The quantitative estimate of drug-likeness (QED) is 0.707. The zero-order chi connectivity index (χ0) is 14.1. The number of nitrogens with zero attached hydrogens (tertiary/aromatic N) is 1. The lowest BCUT2D eigenvalue weighted by molar-refractivity contribution is -0.137. The van der Waals surface area contributed by atoms with Crippen molar-refractivity contribution < 1.29 is 14.3 Å². The number of aliphatic carboxylic acids is 1. The van der Waals surface area contributed by atoms with Gasteiger partial charge in [0.2, 0.25) is 0 Å². The van der Waals surface area contributed by atoms with Crippen LogP contribution in [0.4, 0.5) is 10.1 Å². The first kappa shape index (κ1) is 15.0. The lowest BCUT2D eigenvalue weighted by atomic mass is 10.1. The van der Waals surface area contributed by atoms with E-state index in [2.05, 4.69) is 5.32 Å². The van der Waals surface area contributed by atoms with E-state index in [4.69, 9.17) is 10.4 Å². The van der Waals surface area contributed by atoms with E-state index in [1.807, 2.05) is 6.07 Å². The Morgan fingerprint density at radius 2 is 2.05 bits per heavy atom. The van der Waals surface area contributed by atoms with Crippen molar-refractivity contribution in [3.63, 3.8) is 0 Å². The number of halogens is 1. The third kappa shape index (κ3) is 5.38. The van der Waals surface area contributed by atoms with E-state index >= 15 is 0 Å². The zero-order valence-electron chi connectivity index (χ0n) is 10.7. The number of nitriles is 1. The molecule has 0 bridgehead atoms. The topological polar surface area (TPSA) is 73.1 Å². The van der Waals surface area contributed by atoms with Crippen LogP contribution in [-0.2, 0) is 4.79 Å². The minimum atomic E-state index is -0.767. The average Bonchev–Trinajstić information content (AvgIpc) is 2.37. The van der Waals surface area contributed by atoms with Gasteiger partial charge in [0.05, 0.1) is 5.69 Å². The standard InChI is InChI=1S/C14H17FN2O2/c15-12-6-5-7-13(11(12)10-16)17-9-4-2-1-3-8-14(18)19/h5-7,17H,1-4,8-9H2,(H,18,19). The van der Waals surface area contributed by atoms with Gasteiger partial charge in [0.15, 0.2) is 0 Å². The van der Waals surface area contributed by atoms with Crippen LogP contribution in [0.15, 0.2) is 18.2 Å². The first-order chi connectivity index (χ1) is 9.15. The van der Waals surface area contributed by atoms with E-state index in [0.29, 0.717) is 18.7 Å². The second-order valence-corrected chi connectivity index (χ2v) is 4.26. The van der Waals surface area contributed by atoms with Gasteiger partial charge >= 0.3 is 5.97 Å². The molecule has 102 valence electrons. The maximum Gasteiger partial charge on any atom is 0.303 e. The molecule has 0 aliphatic heterocycles. The number of nitrogens with one attached hydrogen (secondary N) is 1. The van der Waals surface area contributed by atoms with Gasteiger partial charge in [-0.1, -0.05) is 18.9 Å². The van der Waals surface area contributed by atoms with Crippen molar-refractivity contribution in [3.8, 4) is 6.07 Å². The van der Waals surface area contributed by atoms with Crippen LogP contribution in [0.25, 0.3) is 0 Å². The predicted octanol–water partition coefficient (Wildman–Crippen LogP) is 3.14. The molecule has 1 aromatic carbocycles. The summed E-state index contributed by atoms with van der Waals surface area (Å²) in [6, 6.07) is 6.33. The number of anilines is 1. The summed E-state index contributed by atoms with van der Waals surface area (Å²) in [4.78, 5) is 10.3. The van der Waals surface area contributed by atoms with Crippen molar-refractivity contribution in [2.75, 3.05) is 11.9 Å². The molecule has 0 spiro atoms. The van der Waals surface area contributed by atoms with E-state index < -0.39 is 11.8 Å². The molecule has 0 unspecified atom stereocenters. The molecular formula is C14H17FN2O2. The van der Waals surface area contributed by atoms with Crippen LogP contribution in [0.3, 0.4) is 0 Å². The molecule has 5 heteroatoms. The normalized spacial score (nSPS) is 9.89. The van der Waals surface area contributed by atoms with Crippen LogP contribution in [0, 0.1) is 17.1 Å². The summed E-state index contributed by atoms with van der Waals surface area (Å²) >= 11 is 0. The summed E-state index contributed by atoms with van der Waals surface area (Å²) in [5.41, 5.74) is 0.543. The highest BCUT2D eigenvalue weighted by Crippen LogP contribution is 2.17. The van der Waals surface area contributed by atoms with Crippen LogP contribution in [-0.4, -0.2) is 17.6 Å². The van der Waals surface area contributed by atoms with Crippen LogP contribution < -0.4 is 5.32 Å². The second-order valence-electron chi connectivity index (χ2n) is 4.26. The molecule has 2 N–H and O–H groups in total. The minimum Gasteiger partial charge on any atom is -0.481 e. The van der Waals surface area contributed by atoms with Crippen molar-refractivity contribution in [1.29, 1.82) is 5.26 Å². The Kier molecular flexibility index (Phi) is 6.37. The molecule has 0 amide bonds. The first-order valence-electron chi connectivity index (χ1n) is 6.29. The summed E-state index contributed by atoms with van der Waals surface area (Å²) in [6.07, 6.45) is 3.52. The Morgan fingerprint density at radius 1 is 1.32 bits per heavy atom. The van der Waals surface area contributed by atoms with Gasteiger partial charge in [0, 0.05) is 13.0 Å². The fraction of sp³-hybridized carbons (Fsp3) is 0.429. The molecule has 0 aliphatic rings. The van der Waals surface area contributed by atoms with E-state index in [1.165, 1.54) is 6.07 Å². The molecule has 0 fully saturated rings. The van der Waals surface area contributed by atoms with Gasteiger partial charge < -0.3 is 10.4 Å². The molecule has 1 aromatic rings. The smallest absolute Gasteiger partial charge is 0.303 e. The third-order valence-electron chi connectivity index (χ3n) is 2.76. The van der Waals surface area contributed by atoms with Gasteiger partial charge in [-0.2, -0.15) is 5.26 Å². The number of carbonyl (C=O) groups is 1. The van der Waals surface area contributed by atoms with Crippen molar-refractivity contribution in [2.24, 2.45) is 0 Å². The SMILES string of the molecule is N#Cc1c(F)cccc1NCCCCCCC(=O)O. The average molecular weight is 264 g/mol. The fourth-order valence-corrected chi connectivity index (χ4v) is 1.76. The number of unbranched alkanes of at least 4 members (excludes halogenated alkanes) is 3. The molecular weight excluding hydrogens is 247 g/mol. The Bertz CT molecular complexity index is 469. The summed E-state index contributed by atoms with van der Waals surface area (Å²) in [6.45, 7) is 0.644. The van der Waals surface area contributed by atoms with E-state index in [9.17, 15) is 9.18 Å². The van der Waals surface area contributed by atoms with Crippen molar-refractivity contribution >= 4 is 11.7 Å². The molecule has 0 atom stereocenters. The summed E-state index contributed by atoms with van der Waals surface area (Å²) < 4.78 is 13.3. The Labute approximate surface area is 111 Å². The molecule has 0 heterocycles. The van der Waals surface area contributed by atoms with E-state index in [-0.39, 0.29) is 12.0 Å². The maximum atomic E-state index is 13.3. The number of hydrogen-bond donors (Lipinski definition) is 2. The van der Waals surface area contributed by atoms with Crippen LogP contribution in [0.2, 0.25) is 0 Å². The van der Waals surface area contributed by atoms with Gasteiger partial charge in [0.25, 0.3) is 0 Å². The Balaban J connectivity index is 2.25. The number of carboxylic acids is 1. The fourth-order valence-electron chi connectivity index (χ4n) is 1.76. The Morgan fingerprint density at radius 3 is 2.74 bits per heavy atom. The third-order valence-corrected chi connectivity index (χ3v) is 2.76. The largest absolute Gasteiger partial charge is 0.481 e. The van der Waals surface area contributed by atoms with Gasteiger partial charge in [-0.05, 0) is 25.0 Å². The lowest BCUT2D eigenvalue weighted by Crippen LogP contribution is -2.04. The maximum absolute atomic E-state index is 13.3. The summed E-state index contributed by atoms with van der Waals surface area (Å²) in [5.74, 6) is -1.29. The molecule has 0 aliphatic carbocycles. The number of rotatable bonds is 8. The highest BCUT2D eigenvalue weighted by molar-refractivity contribution is 5.66. The highest BCUT2D eigenvalue weighted by Gasteiger charge is 2.06. The van der Waals surface area contributed by atoms with E-state index in [0.717, 1.165) is 19.3 Å². The molecule has 19 heavy (non-hydrogen) atoms. The lowest BCUT2D eigenvalue weighted by Gasteiger charge is -2.08. The number of hydrogen-bond acceptors (Lipinski definition) is 3. The van der Waals surface area contributed by atoms with Crippen LogP contribution in [0.5, 0.6) is 0 Å². The monoisotopic (exact) mass is 264 g/mol. The van der Waals surface area contributed by atoms with Gasteiger partial charge in [-0.15, -0.1) is 0 Å². The van der Waals surface area contributed by atoms with E-state index in [1.54, 1.807) is 12.1 Å². The zero-order valence-corrected chi connectivity index (χ0v) is 10.7. The summed E-state index contributed by atoms with van der Waals surface area (Å²) in [7, 11) is 0. The first-order valence-corrected chi connectivity index (χ1v) is 6.29. The molecule has 4 nitrogen and oxygen atoms in total. The molecule has 0 radical (unpaired) electrons. The molecule has 1 rings (SSSR count). The van der Waals surface area contributed by atoms with Crippen molar-refractivity contribution in [2.45, 2.75) is 32.1 Å². The van der Waals surface area contributed by atoms with Crippen molar-refractivity contribution in [3.05, 3.63) is 29.6 Å². The number of carboxylic acid groups (broad SMARTS) is 1. The van der Waals surface area contributed by atoms with Crippen LogP contribution in [0.1, 0.15) is 37.7 Å². The summed E-state index contributed by atoms with van der Waals surface area (Å²) in [5, 5.41) is 20.3. The molecule has 0 aromatic heterocycles. The van der Waals surface area contributed by atoms with Crippen molar-refractivity contribution in [1.82, 2.24) is 0 Å². The Hall–Kier alpha value is -2.09. The molecule has 0 saturated heterocycles. The number of benzene rings is 1. The van der Waals surface area contributed by atoms with Crippen LogP contribution >= 0.6 is 0 Å². The highest BCUT2D eigenvalue weighted by atomic mass is 19.1. The van der Waals surface area contributed by atoms with Gasteiger partial charge in [-0.3, -0.25) is 4.79 Å². The van der Waals surface area contributed by atoms with Gasteiger partial charge in [0.1, 0.15) is 17.4 Å². The molecule has 0 saturated carbocycles. The second kappa shape index (κ2) is 8.09. The predicted molar refractivity (Wildman–Crippen MR) is 70.3 cm³/mol.